The van der Waals surface area contributed by atoms with E-state index in [1.54, 1.807) is 0 Å². The number of hydrogen-bond donors (Lipinski definition) is 2. The van der Waals surface area contributed by atoms with Gasteiger partial charge in [0.1, 0.15) is 12.6 Å². The molecule has 0 radical (unpaired) electrons. The molecule has 2 aromatic rings. The van der Waals surface area contributed by atoms with Crippen molar-refractivity contribution in [3.05, 3.63) is 63.7 Å². The van der Waals surface area contributed by atoms with Crippen LogP contribution in [0.25, 0.3) is 0 Å². The molecule has 1 heterocycles. The maximum Gasteiger partial charge on any atom is 0.328 e. The Morgan fingerprint density at radius 2 is 2.00 bits per heavy atom. The summed E-state index contributed by atoms with van der Waals surface area (Å²) in [6, 6.07) is 10.1. The maximum atomic E-state index is 12.3. The third kappa shape index (κ3) is 5.85. The number of amides is 2. The van der Waals surface area contributed by atoms with E-state index >= 15 is 0 Å². The van der Waals surface area contributed by atoms with Crippen molar-refractivity contribution in [1.82, 2.24) is 5.32 Å². The second kappa shape index (κ2) is 10.6. The van der Waals surface area contributed by atoms with Gasteiger partial charge in [-0.1, -0.05) is 12.1 Å². The van der Waals surface area contributed by atoms with Gasteiger partial charge in [0.2, 0.25) is 5.91 Å². The van der Waals surface area contributed by atoms with Gasteiger partial charge in [0.15, 0.2) is 0 Å². The van der Waals surface area contributed by atoms with Gasteiger partial charge >= 0.3 is 5.97 Å². The molecule has 1 aliphatic rings. The van der Waals surface area contributed by atoms with Crippen LogP contribution in [0.1, 0.15) is 36.2 Å². The number of nitrogens with zero attached hydrogens (tertiary/aromatic N) is 2. The van der Waals surface area contributed by atoms with Gasteiger partial charge in [-0.15, -0.1) is 0 Å². The molecule has 2 amide bonds. The Morgan fingerprint density at radius 3 is 2.73 bits per heavy atom. The third-order valence-corrected chi connectivity index (χ3v) is 5.38. The van der Waals surface area contributed by atoms with Gasteiger partial charge in [0, 0.05) is 42.0 Å². The summed E-state index contributed by atoms with van der Waals surface area (Å²) >= 11 is 0. The molecule has 2 aromatic carbocycles. The van der Waals surface area contributed by atoms with Crippen LogP contribution >= 0.6 is 0 Å². The van der Waals surface area contributed by atoms with Gasteiger partial charge in [0.05, 0.1) is 11.5 Å². The first-order chi connectivity index (χ1) is 15.8. The Hall–Kier alpha value is -3.95. The van der Waals surface area contributed by atoms with Crippen LogP contribution in [0.3, 0.4) is 0 Å². The molecule has 2 N–H and O–H groups in total. The first kappa shape index (κ1) is 23.7. The van der Waals surface area contributed by atoms with Crippen LogP contribution in [0.4, 0.5) is 17.1 Å². The van der Waals surface area contributed by atoms with E-state index in [4.69, 9.17) is 4.74 Å². The number of carbonyl (C=O) groups excluding carboxylic acids is 3. The van der Waals surface area contributed by atoms with Crippen LogP contribution in [-0.4, -0.2) is 48.4 Å². The highest BCUT2D eigenvalue weighted by Gasteiger charge is 2.22. The highest BCUT2D eigenvalue weighted by atomic mass is 16.6. The molecule has 0 fully saturated rings. The van der Waals surface area contributed by atoms with Crippen molar-refractivity contribution >= 4 is 34.8 Å². The van der Waals surface area contributed by atoms with Gasteiger partial charge in [-0.05, 0) is 44.0 Å². The quantitative estimate of drug-likeness (QED) is 0.338. The molecule has 1 atom stereocenters. The number of benzene rings is 2. The van der Waals surface area contributed by atoms with Gasteiger partial charge in [-0.2, -0.15) is 0 Å². The van der Waals surface area contributed by atoms with Crippen molar-refractivity contribution < 1.29 is 24.0 Å². The Balaban J connectivity index is 1.54. The lowest BCUT2D eigenvalue weighted by atomic mass is 10.00. The topological polar surface area (TPSA) is 131 Å². The Labute approximate surface area is 191 Å². The molecule has 0 unspecified atom stereocenters. The molecule has 0 saturated heterocycles. The van der Waals surface area contributed by atoms with Crippen LogP contribution in [0.2, 0.25) is 0 Å². The number of nitro groups is 1. The van der Waals surface area contributed by atoms with Crippen LogP contribution < -0.4 is 15.5 Å². The molecule has 3 rings (SSSR count). The molecule has 10 heteroatoms. The van der Waals surface area contributed by atoms with E-state index in [0.29, 0.717) is 25.9 Å². The van der Waals surface area contributed by atoms with E-state index in [1.165, 1.54) is 25.1 Å². The summed E-state index contributed by atoms with van der Waals surface area (Å²) in [5.74, 6) is -1.21. The lowest BCUT2D eigenvalue weighted by Crippen LogP contribution is -2.40. The molecule has 0 spiro atoms. The average molecular weight is 454 g/mol. The summed E-state index contributed by atoms with van der Waals surface area (Å²) in [5, 5.41) is 16.3. The molecular formula is C23H26N4O6. The summed E-state index contributed by atoms with van der Waals surface area (Å²) < 4.78 is 5.34. The average Bonchev–Trinajstić information content (AvgIpc) is 2.81. The van der Waals surface area contributed by atoms with E-state index in [1.807, 2.05) is 25.1 Å². The van der Waals surface area contributed by atoms with Gasteiger partial charge in [-0.3, -0.25) is 19.7 Å². The zero-order valence-electron chi connectivity index (χ0n) is 18.5. The standard InChI is InChI=1S/C23H26N4O6/c1-3-26(20-9-5-8-19-18(20)10-11-21(28)25-19)12-13-33-23(30)15(2)24-22(29)16-6-4-7-17(14-16)27(31)32/h4-9,14-15H,3,10-13H2,1-2H3,(H,24,29)(H,25,28)/t15-/m0/s1. The molecule has 10 nitrogen and oxygen atoms in total. The Kier molecular flexibility index (Phi) is 7.60. The minimum atomic E-state index is -0.925. The Morgan fingerprint density at radius 1 is 1.24 bits per heavy atom. The van der Waals surface area contributed by atoms with Crippen molar-refractivity contribution in [2.75, 3.05) is 29.9 Å². The zero-order chi connectivity index (χ0) is 24.0. The van der Waals surface area contributed by atoms with E-state index in [-0.39, 0.29) is 23.8 Å². The zero-order valence-corrected chi connectivity index (χ0v) is 18.5. The minimum Gasteiger partial charge on any atom is -0.462 e. The van der Waals surface area contributed by atoms with E-state index < -0.39 is 22.8 Å². The number of non-ortho nitro benzene ring substituents is 1. The molecular weight excluding hydrogens is 428 g/mol. The number of likely N-dealkylation sites (N-methyl/N-ethyl adjacent to an activating group) is 1. The van der Waals surface area contributed by atoms with Crippen molar-refractivity contribution in [2.24, 2.45) is 0 Å². The number of rotatable bonds is 9. The predicted octanol–water partition coefficient (Wildman–Crippen LogP) is 2.67. The van der Waals surface area contributed by atoms with Crippen molar-refractivity contribution in [3.63, 3.8) is 0 Å². The number of nitro benzene ring substituents is 1. The number of hydrogen-bond acceptors (Lipinski definition) is 7. The van der Waals surface area contributed by atoms with Crippen molar-refractivity contribution in [3.8, 4) is 0 Å². The first-order valence-corrected chi connectivity index (χ1v) is 10.7. The van der Waals surface area contributed by atoms with E-state index in [9.17, 15) is 24.5 Å². The molecule has 1 aliphatic heterocycles. The monoisotopic (exact) mass is 454 g/mol. The summed E-state index contributed by atoms with van der Waals surface area (Å²) in [7, 11) is 0. The van der Waals surface area contributed by atoms with Crippen molar-refractivity contribution in [2.45, 2.75) is 32.7 Å². The number of carbonyl (C=O) groups is 3. The Bertz CT molecular complexity index is 1070. The lowest BCUT2D eigenvalue weighted by molar-refractivity contribution is -0.384. The summed E-state index contributed by atoms with van der Waals surface area (Å²) in [4.78, 5) is 48.7. The normalized spacial score (nSPS) is 13.3. The predicted molar refractivity (Wildman–Crippen MR) is 122 cm³/mol. The maximum absolute atomic E-state index is 12.3. The summed E-state index contributed by atoms with van der Waals surface area (Å²) in [6.07, 6.45) is 1.08. The molecule has 0 bridgehead atoms. The van der Waals surface area contributed by atoms with Gasteiger partial charge in [0.25, 0.3) is 11.6 Å². The fraction of sp³-hybridized carbons (Fsp3) is 0.348. The second-order valence-corrected chi connectivity index (χ2v) is 7.60. The fourth-order valence-electron chi connectivity index (χ4n) is 3.63. The fourth-order valence-corrected chi connectivity index (χ4v) is 3.63. The highest BCUT2D eigenvalue weighted by Crippen LogP contribution is 2.31. The lowest BCUT2D eigenvalue weighted by Gasteiger charge is -2.29. The van der Waals surface area contributed by atoms with E-state index in [0.717, 1.165) is 23.0 Å². The van der Waals surface area contributed by atoms with Gasteiger partial charge in [-0.25, -0.2) is 4.79 Å². The van der Waals surface area contributed by atoms with E-state index in [2.05, 4.69) is 15.5 Å². The highest BCUT2D eigenvalue weighted by molar-refractivity contribution is 5.97. The molecule has 0 aromatic heterocycles. The molecule has 174 valence electrons. The number of fused-ring (bicyclic) bond motifs is 1. The summed E-state index contributed by atoms with van der Waals surface area (Å²) in [5.41, 5.74) is 2.72. The largest absolute Gasteiger partial charge is 0.462 e. The summed E-state index contributed by atoms with van der Waals surface area (Å²) in [6.45, 7) is 4.72. The molecule has 33 heavy (non-hydrogen) atoms. The van der Waals surface area contributed by atoms with Crippen molar-refractivity contribution in [1.29, 1.82) is 0 Å². The van der Waals surface area contributed by atoms with Crippen LogP contribution in [0.5, 0.6) is 0 Å². The number of ether oxygens (including phenoxy) is 1. The van der Waals surface area contributed by atoms with Gasteiger partial charge < -0.3 is 20.3 Å². The SMILES string of the molecule is CCN(CCOC(=O)[C@H](C)NC(=O)c1cccc([N+](=O)[O-])c1)c1cccc2c1CCC(=O)N2. The minimum absolute atomic E-state index is 0.00206. The van der Waals surface area contributed by atoms with Crippen LogP contribution in [-0.2, 0) is 20.7 Å². The van der Waals surface area contributed by atoms with Crippen LogP contribution in [0, 0.1) is 10.1 Å². The molecule has 0 aliphatic carbocycles. The number of anilines is 2. The number of esters is 1. The smallest absolute Gasteiger partial charge is 0.328 e. The molecule has 0 saturated carbocycles. The third-order valence-electron chi connectivity index (χ3n) is 5.38. The van der Waals surface area contributed by atoms with Crippen LogP contribution in [0.15, 0.2) is 42.5 Å². The number of nitrogens with one attached hydrogen (secondary N) is 2. The second-order valence-electron chi connectivity index (χ2n) is 7.60. The first-order valence-electron chi connectivity index (χ1n) is 10.7.